The molecule has 0 atom stereocenters. The van der Waals surface area contributed by atoms with E-state index in [1.807, 2.05) is 13.0 Å². The number of benzene rings is 1. The number of hydrogen-bond acceptors (Lipinski definition) is 6. The van der Waals surface area contributed by atoms with Crippen LogP contribution in [0.4, 0.5) is 5.95 Å². The number of fused-ring (bicyclic) bond motifs is 2. The van der Waals surface area contributed by atoms with Crippen LogP contribution in [-0.4, -0.2) is 38.7 Å². The third kappa shape index (κ3) is 3.08. The fraction of sp³-hybridized carbons (Fsp3) is 0.250. The van der Waals surface area contributed by atoms with Crippen molar-refractivity contribution in [1.82, 2.24) is 19.6 Å². The molecule has 3 heterocycles. The molecule has 9 heteroatoms. The number of halogens is 1. The van der Waals surface area contributed by atoms with Gasteiger partial charge in [0.2, 0.25) is 11.9 Å². The summed E-state index contributed by atoms with van der Waals surface area (Å²) < 4.78 is 12.6. The van der Waals surface area contributed by atoms with Crippen molar-refractivity contribution in [3.8, 4) is 11.5 Å². The van der Waals surface area contributed by atoms with E-state index in [1.54, 1.807) is 22.7 Å². The Labute approximate surface area is 147 Å². The first-order valence-corrected chi connectivity index (χ1v) is 8.04. The zero-order chi connectivity index (χ0) is 17.4. The highest BCUT2D eigenvalue weighted by Gasteiger charge is 2.18. The first-order valence-electron chi connectivity index (χ1n) is 7.66. The van der Waals surface area contributed by atoms with E-state index in [0.29, 0.717) is 47.0 Å². The summed E-state index contributed by atoms with van der Waals surface area (Å²) in [4.78, 5) is 16.6. The summed E-state index contributed by atoms with van der Waals surface area (Å²) >= 11 is 6.24. The number of aryl methyl sites for hydroxylation is 1. The van der Waals surface area contributed by atoms with E-state index < -0.39 is 0 Å². The van der Waals surface area contributed by atoms with E-state index in [0.717, 1.165) is 5.69 Å². The van der Waals surface area contributed by atoms with E-state index in [-0.39, 0.29) is 12.3 Å². The Bertz CT molecular complexity index is 972. The lowest BCUT2D eigenvalue weighted by molar-refractivity contribution is -0.115. The van der Waals surface area contributed by atoms with Gasteiger partial charge in [0.15, 0.2) is 11.5 Å². The van der Waals surface area contributed by atoms with Crippen LogP contribution in [0.3, 0.4) is 0 Å². The lowest BCUT2D eigenvalue weighted by Crippen LogP contribution is -2.18. The van der Waals surface area contributed by atoms with Crippen molar-refractivity contribution in [3.05, 3.63) is 40.7 Å². The summed E-state index contributed by atoms with van der Waals surface area (Å²) in [6.07, 6.45) is 1.83. The van der Waals surface area contributed by atoms with Crippen molar-refractivity contribution in [1.29, 1.82) is 0 Å². The highest BCUT2D eigenvalue weighted by atomic mass is 35.5. The fourth-order valence-corrected chi connectivity index (χ4v) is 2.76. The highest BCUT2D eigenvalue weighted by Crippen LogP contribution is 2.35. The van der Waals surface area contributed by atoms with Crippen molar-refractivity contribution in [2.24, 2.45) is 0 Å². The molecule has 1 aliphatic rings. The number of hydrogen-bond donors (Lipinski definition) is 1. The van der Waals surface area contributed by atoms with Crippen molar-refractivity contribution < 1.29 is 14.3 Å². The Hall–Kier alpha value is -2.87. The van der Waals surface area contributed by atoms with Crippen LogP contribution in [0.1, 0.15) is 11.3 Å². The monoisotopic (exact) mass is 359 g/mol. The van der Waals surface area contributed by atoms with Crippen molar-refractivity contribution >= 4 is 29.2 Å². The molecule has 0 aliphatic carbocycles. The molecule has 1 N–H and O–H groups in total. The van der Waals surface area contributed by atoms with Gasteiger partial charge in [-0.1, -0.05) is 11.6 Å². The van der Waals surface area contributed by atoms with Gasteiger partial charge >= 0.3 is 0 Å². The Kier molecular flexibility index (Phi) is 3.89. The van der Waals surface area contributed by atoms with Crippen LogP contribution in [0.15, 0.2) is 24.4 Å². The molecule has 0 saturated heterocycles. The van der Waals surface area contributed by atoms with Crippen molar-refractivity contribution in [3.63, 3.8) is 0 Å². The van der Waals surface area contributed by atoms with Crippen LogP contribution in [-0.2, 0) is 11.2 Å². The molecule has 1 aliphatic heterocycles. The molecule has 0 spiro atoms. The van der Waals surface area contributed by atoms with Gasteiger partial charge in [-0.15, -0.1) is 10.2 Å². The third-order valence-corrected chi connectivity index (χ3v) is 4.08. The molecule has 3 aromatic rings. The second-order valence-corrected chi connectivity index (χ2v) is 5.98. The van der Waals surface area contributed by atoms with Gasteiger partial charge in [0, 0.05) is 23.0 Å². The second kappa shape index (κ2) is 6.21. The van der Waals surface area contributed by atoms with Gasteiger partial charge in [-0.2, -0.15) is 0 Å². The van der Waals surface area contributed by atoms with E-state index >= 15 is 0 Å². The first-order chi connectivity index (χ1) is 12.1. The summed E-state index contributed by atoms with van der Waals surface area (Å²) in [5.74, 6) is 1.64. The molecular weight excluding hydrogens is 346 g/mol. The quantitative estimate of drug-likeness (QED) is 0.769. The average Bonchev–Trinajstić information content (AvgIpc) is 2.97. The number of nitrogens with zero attached hydrogens (tertiary/aromatic N) is 4. The van der Waals surface area contributed by atoms with Crippen LogP contribution >= 0.6 is 11.6 Å². The molecule has 25 heavy (non-hydrogen) atoms. The van der Waals surface area contributed by atoms with E-state index in [4.69, 9.17) is 21.1 Å². The van der Waals surface area contributed by atoms with E-state index in [9.17, 15) is 4.79 Å². The third-order valence-electron chi connectivity index (χ3n) is 3.73. The molecule has 0 radical (unpaired) electrons. The summed E-state index contributed by atoms with van der Waals surface area (Å²) in [7, 11) is 0. The SMILES string of the molecule is Cc1ccn2c(NC(=O)Cc3cc4c(cc3Cl)OCCO4)nnc2n1. The largest absolute Gasteiger partial charge is 0.486 e. The minimum absolute atomic E-state index is 0.0731. The fourth-order valence-electron chi connectivity index (χ4n) is 2.54. The van der Waals surface area contributed by atoms with Gasteiger partial charge in [0.25, 0.3) is 5.78 Å². The molecule has 1 amide bonds. The number of carbonyl (C=O) groups excluding carboxylic acids is 1. The molecule has 8 nitrogen and oxygen atoms in total. The lowest BCUT2D eigenvalue weighted by atomic mass is 10.1. The van der Waals surface area contributed by atoms with Crippen LogP contribution in [0.25, 0.3) is 5.78 Å². The molecule has 0 saturated carbocycles. The Morgan fingerprint density at radius 2 is 2.04 bits per heavy atom. The Morgan fingerprint density at radius 1 is 1.28 bits per heavy atom. The van der Waals surface area contributed by atoms with Crippen molar-refractivity contribution in [2.75, 3.05) is 18.5 Å². The average molecular weight is 360 g/mol. The minimum atomic E-state index is -0.270. The van der Waals surface area contributed by atoms with Gasteiger partial charge < -0.3 is 9.47 Å². The smallest absolute Gasteiger partial charge is 0.256 e. The number of carbonyl (C=O) groups is 1. The minimum Gasteiger partial charge on any atom is -0.486 e. The van der Waals surface area contributed by atoms with Gasteiger partial charge in [-0.3, -0.25) is 14.5 Å². The molecule has 0 unspecified atom stereocenters. The van der Waals surface area contributed by atoms with Crippen LogP contribution in [0.2, 0.25) is 5.02 Å². The highest BCUT2D eigenvalue weighted by molar-refractivity contribution is 6.31. The van der Waals surface area contributed by atoms with Gasteiger partial charge in [0.1, 0.15) is 13.2 Å². The van der Waals surface area contributed by atoms with Crippen molar-refractivity contribution in [2.45, 2.75) is 13.3 Å². The standard InChI is InChI=1S/C16H14ClN5O3/c1-9-2-3-22-15(18-9)20-21-16(22)19-14(23)7-10-6-12-13(8-11(10)17)25-5-4-24-12/h2-3,6,8H,4-5,7H2,1H3,(H,19,21,23). The Balaban J connectivity index is 1.54. The Morgan fingerprint density at radius 3 is 2.84 bits per heavy atom. The maximum atomic E-state index is 12.4. The molecular formula is C16H14ClN5O3. The zero-order valence-corrected chi connectivity index (χ0v) is 14.1. The molecule has 1 aromatic carbocycles. The number of anilines is 1. The molecule has 2 aromatic heterocycles. The summed E-state index contributed by atoms with van der Waals surface area (Å²) in [5.41, 5.74) is 1.46. The number of rotatable bonds is 3. The van der Waals surface area contributed by atoms with Gasteiger partial charge in [-0.25, -0.2) is 4.98 Å². The summed E-state index contributed by atoms with van der Waals surface area (Å²) in [6.45, 7) is 2.81. The topological polar surface area (TPSA) is 90.6 Å². The van der Waals surface area contributed by atoms with E-state index in [2.05, 4.69) is 20.5 Å². The number of ether oxygens (including phenoxy) is 2. The van der Waals surface area contributed by atoms with E-state index in [1.165, 1.54) is 0 Å². The van der Waals surface area contributed by atoms with Crippen LogP contribution in [0.5, 0.6) is 11.5 Å². The predicted octanol–water partition coefficient (Wildman–Crippen LogP) is 2.04. The molecule has 0 fully saturated rings. The normalized spacial score (nSPS) is 13.0. The number of amides is 1. The van der Waals surface area contributed by atoms with Gasteiger partial charge in [0.05, 0.1) is 6.42 Å². The predicted molar refractivity (Wildman–Crippen MR) is 90.3 cm³/mol. The second-order valence-electron chi connectivity index (χ2n) is 5.57. The number of aromatic nitrogens is 4. The first kappa shape index (κ1) is 15.6. The lowest BCUT2D eigenvalue weighted by Gasteiger charge is -2.19. The maximum Gasteiger partial charge on any atom is 0.256 e. The molecule has 128 valence electrons. The van der Waals surface area contributed by atoms with Crippen LogP contribution in [0, 0.1) is 6.92 Å². The van der Waals surface area contributed by atoms with Gasteiger partial charge in [-0.05, 0) is 24.6 Å². The zero-order valence-electron chi connectivity index (χ0n) is 13.3. The molecule has 4 rings (SSSR count). The summed E-state index contributed by atoms with van der Waals surface area (Å²) in [6, 6.07) is 5.20. The van der Waals surface area contributed by atoms with Crippen LogP contribution < -0.4 is 14.8 Å². The summed E-state index contributed by atoms with van der Waals surface area (Å²) in [5, 5.41) is 11.1. The number of nitrogens with one attached hydrogen (secondary N) is 1. The molecule has 0 bridgehead atoms. The maximum absolute atomic E-state index is 12.4.